The van der Waals surface area contributed by atoms with E-state index < -0.39 is 28.1 Å². The summed E-state index contributed by atoms with van der Waals surface area (Å²) >= 11 is 0. The summed E-state index contributed by atoms with van der Waals surface area (Å²) in [6.45, 7) is 3.63. The van der Waals surface area contributed by atoms with E-state index in [2.05, 4.69) is 6.92 Å². The molecule has 0 amide bonds. The number of carbonyl (C=O) groups excluding carboxylic acids is 1. The second-order valence-electron chi connectivity index (χ2n) is 10.1. The van der Waals surface area contributed by atoms with Gasteiger partial charge in [0.15, 0.2) is 0 Å². The van der Waals surface area contributed by atoms with Crippen molar-refractivity contribution >= 4 is 5.78 Å². The van der Waals surface area contributed by atoms with Gasteiger partial charge in [0.05, 0.1) is 23.9 Å². The predicted molar refractivity (Wildman–Crippen MR) is 96.2 cm³/mol. The van der Waals surface area contributed by atoms with Crippen LogP contribution >= 0.6 is 0 Å². The molecule has 0 heterocycles. The molecular weight excluding hydrogens is 332 g/mol. The second-order valence-corrected chi connectivity index (χ2v) is 10.1. The molecule has 4 aliphatic carbocycles. The number of aliphatic hydroxyl groups is 4. The maximum atomic E-state index is 12.2. The Balaban J connectivity index is 1.74. The first-order chi connectivity index (χ1) is 12.1. The number of carbonyl (C=O) groups is 1. The molecule has 4 rings (SSSR count). The van der Waals surface area contributed by atoms with E-state index in [1.54, 1.807) is 6.92 Å². The first-order valence-corrected chi connectivity index (χ1v) is 10.4. The van der Waals surface area contributed by atoms with Gasteiger partial charge in [-0.2, -0.15) is 0 Å². The highest BCUT2D eigenvalue weighted by molar-refractivity contribution is 5.80. The number of aliphatic hydroxyl groups excluding tert-OH is 2. The minimum absolute atomic E-state index is 0.00766. The summed E-state index contributed by atoms with van der Waals surface area (Å²) in [5.41, 5.74) is -2.99. The number of fused-ring (bicyclic) bond motifs is 5. The number of ketones is 1. The SMILES string of the molecule is CC(=O)[C@H]1CC[C@@]2(O)[C@@H]3CC[C@]4(O)C[C@@H](O)CC[C@]4(CO)[C@H]3CC[C@]12C. The van der Waals surface area contributed by atoms with Crippen molar-refractivity contribution in [3.8, 4) is 0 Å². The molecule has 0 aliphatic heterocycles. The van der Waals surface area contributed by atoms with Crippen LogP contribution in [-0.2, 0) is 4.79 Å². The van der Waals surface area contributed by atoms with Crippen molar-refractivity contribution in [2.24, 2.45) is 28.6 Å². The zero-order chi connectivity index (χ0) is 19.0. The van der Waals surface area contributed by atoms with Crippen LogP contribution < -0.4 is 0 Å². The summed E-state index contributed by atoms with van der Waals surface area (Å²) in [5.74, 6) is 0.134. The van der Waals surface area contributed by atoms with E-state index in [1.807, 2.05) is 0 Å². The molecule has 0 aromatic heterocycles. The van der Waals surface area contributed by atoms with Crippen LogP contribution in [0.25, 0.3) is 0 Å². The molecule has 0 saturated heterocycles. The predicted octanol–water partition coefficient (Wildman–Crippen LogP) is 1.80. The summed E-state index contributed by atoms with van der Waals surface area (Å²) in [5, 5.41) is 43.8. The van der Waals surface area contributed by atoms with Gasteiger partial charge in [-0.15, -0.1) is 0 Å². The summed E-state index contributed by atoms with van der Waals surface area (Å²) in [6.07, 6.45) is 5.17. The molecule has 0 bridgehead atoms. The maximum Gasteiger partial charge on any atom is 0.133 e. The molecule has 0 spiro atoms. The van der Waals surface area contributed by atoms with Gasteiger partial charge in [-0.1, -0.05) is 6.92 Å². The number of Topliss-reactive ketones (excluding diaryl/α,β-unsaturated/α-hetero) is 1. The molecule has 4 aliphatic rings. The van der Waals surface area contributed by atoms with Crippen LogP contribution in [0.15, 0.2) is 0 Å². The van der Waals surface area contributed by atoms with E-state index in [0.29, 0.717) is 38.5 Å². The lowest BCUT2D eigenvalue weighted by atomic mass is 9.41. The standard InChI is InChI=1S/C21H34O5/c1-13(23)15-6-10-21(26)17-5-9-20(25)11-14(24)3-8-19(20,12-22)16(17)4-7-18(15,21)2/h14-17,22,24-26H,3-12H2,1-2H3/t14-,15+,16-,17+,18+,19-,20-,21+/m0/s1. The van der Waals surface area contributed by atoms with Crippen molar-refractivity contribution in [2.45, 2.75) is 88.9 Å². The van der Waals surface area contributed by atoms with Gasteiger partial charge >= 0.3 is 0 Å². The van der Waals surface area contributed by atoms with Crippen molar-refractivity contribution < 1.29 is 25.2 Å². The van der Waals surface area contributed by atoms with Gasteiger partial charge in [0, 0.05) is 23.2 Å². The molecule has 5 heteroatoms. The third-order valence-corrected chi connectivity index (χ3v) is 9.42. The number of hydrogen-bond donors (Lipinski definition) is 4. The Labute approximate surface area is 155 Å². The third kappa shape index (κ3) is 2.09. The van der Waals surface area contributed by atoms with Crippen molar-refractivity contribution in [3.63, 3.8) is 0 Å². The monoisotopic (exact) mass is 366 g/mol. The van der Waals surface area contributed by atoms with E-state index in [4.69, 9.17) is 0 Å². The summed E-state index contributed by atoms with van der Waals surface area (Å²) in [6, 6.07) is 0. The van der Waals surface area contributed by atoms with Gasteiger partial charge in [0.2, 0.25) is 0 Å². The van der Waals surface area contributed by atoms with Crippen LogP contribution in [-0.4, -0.2) is 50.1 Å². The van der Waals surface area contributed by atoms with Gasteiger partial charge in [0.25, 0.3) is 0 Å². The average molecular weight is 366 g/mol. The zero-order valence-electron chi connectivity index (χ0n) is 16.1. The molecule has 4 N–H and O–H groups in total. The fourth-order valence-electron chi connectivity index (χ4n) is 7.98. The Morgan fingerprint density at radius 3 is 2.35 bits per heavy atom. The second kappa shape index (κ2) is 5.76. The molecule has 0 unspecified atom stereocenters. The lowest BCUT2D eigenvalue weighted by Gasteiger charge is -2.66. The first-order valence-electron chi connectivity index (χ1n) is 10.4. The normalized spacial score (nSPS) is 56.4. The van der Waals surface area contributed by atoms with Gasteiger partial charge in [-0.05, 0) is 70.1 Å². The van der Waals surface area contributed by atoms with E-state index in [0.717, 1.165) is 19.3 Å². The van der Waals surface area contributed by atoms with Crippen molar-refractivity contribution in [1.82, 2.24) is 0 Å². The van der Waals surface area contributed by atoms with E-state index in [-0.39, 0.29) is 30.1 Å². The average Bonchev–Trinajstić information content (AvgIpc) is 2.85. The highest BCUT2D eigenvalue weighted by Gasteiger charge is 2.71. The minimum atomic E-state index is -1.05. The van der Waals surface area contributed by atoms with Crippen molar-refractivity contribution in [3.05, 3.63) is 0 Å². The fraction of sp³-hybridized carbons (Fsp3) is 0.952. The van der Waals surface area contributed by atoms with Gasteiger partial charge in [-0.3, -0.25) is 4.79 Å². The smallest absolute Gasteiger partial charge is 0.133 e. The van der Waals surface area contributed by atoms with Crippen LogP contribution in [0.5, 0.6) is 0 Å². The zero-order valence-corrected chi connectivity index (χ0v) is 16.1. The highest BCUT2D eigenvalue weighted by Crippen LogP contribution is 2.69. The van der Waals surface area contributed by atoms with Crippen LogP contribution in [0.1, 0.15) is 71.6 Å². The molecule has 8 atom stereocenters. The van der Waals surface area contributed by atoms with E-state index >= 15 is 0 Å². The Morgan fingerprint density at radius 1 is 1.00 bits per heavy atom. The topological polar surface area (TPSA) is 98.0 Å². The first kappa shape index (κ1) is 18.9. The maximum absolute atomic E-state index is 12.2. The van der Waals surface area contributed by atoms with Crippen LogP contribution in [0.3, 0.4) is 0 Å². The summed E-state index contributed by atoms with van der Waals surface area (Å²) < 4.78 is 0. The summed E-state index contributed by atoms with van der Waals surface area (Å²) in [7, 11) is 0. The molecule has 4 saturated carbocycles. The van der Waals surface area contributed by atoms with E-state index in [1.165, 1.54) is 0 Å². The van der Waals surface area contributed by atoms with Gasteiger partial charge < -0.3 is 20.4 Å². The Bertz CT molecular complexity index is 607. The molecule has 0 aromatic rings. The molecule has 4 fully saturated rings. The minimum Gasteiger partial charge on any atom is -0.396 e. The molecule has 5 nitrogen and oxygen atoms in total. The Morgan fingerprint density at radius 2 is 1.69 bits per heavy atom. The number of rotatable bonds is 2. The molecule has 0 aromatic carbocycles. The van der Waals surface area contributed by atoms with Crippen LogP contribution in [0.4, 0.5) is 0 Å². The lowest BCUT2D eigenvalue weighted by molar-refractivity contribution is -0.269. The molecule has 148 valence electrons. The van der Waals surface area contributed by atoms with Crippen molar-refractivity contribution in [2.75, 3.05) is 6.61 Å². The van der Waals surface area contributed by atoms with Crippen LogP contribution in [0.2, 0.25) is 0 Å². The third-order valence-electron chi connectivity index (χ3n) is 9.42. The van der Waals surface area contributed by atoms with Crippen molar-refractivity contribution in [1.29, 1.82) is 0 Å². The highest BCUT2D eigenvalue weighted by atomic mass is 16.3. The van der Waals surface area contributed by atoms with Gasteiger partial charge in [-0.25, -0.2) is 0 Å². The Hall–Kier alpha value is -0.490. The summed E-state index contributed by atoms with van der Waals surface area (Å²) in [4.78, 5) is 12.2. The molecule has 0 radical (unpaired) electrons. The van der Waals surface area contributed by atoms with Crippen LogP contribution in [0, 0.1) is 28.6 Å². The Kier molecular flexibility index (Phi) is 4.17. The number of hydrogen-bond acceptors (Lipinski definition) is 5. The lowest BCUT2D eigenvalue weighted by Crippen LogP contribution is -2.69. The quantitative estimate of drug-likeness (QED) is 0.597. The largest absolute Gasteiger partial charge is 0.396 e. The van der Waals surface area contributed by atoms with Gasteiger partial charge in [0.1, 0.15) is 5.78 Å². The molecular formula is C21H34O5. The van der Waals surface area contributed by atoms with E-state index in [9.17, 15) is 25.2 Å². The molecule has 26 heavy (non-hydrogen) atoms. The fourth-order valence-corrected chi connectivity index (χ4v) is 7.98.